The molecule has 0 amide bonds. The summed E-state index contributed by atoms with van der Waals surface area (Å²) in [6.45, 7) is 4.10. The van der Waals surface area contributed by atoms with E-state index in [0.717, 1.165) is 24.0 Å². The van der Waals surface area contributed by atoms with Gasteiger partial charge in [0.2, 0.25) is 0 Å². The Kier molecular flexibility index (Phi) is 3.13. The highest BCUT2D eigenvalue weighted by molar-refractivity contribution is 5.44. The Hall–Kier alpha value is -1.09. The van der Waals surface area contributed by atoms with Crippen molar-refractivity contribution in [2.45, 2.75) is 44.6 Å². The van der Waals surface area contributed by atoms with Gasteiger partial charge >= 0.3 is 0 Å². The first-order valence-corrected chi connectivity index (χ1v) is 6.04. The van der Waals surface area contributed by atoms with Crippen LogP contribution in [0.15, 0.2) is 12.1 Å². The third kappa shape index (κ3) is 2.60. The Morgan fingerprint density at radius 1 is 1.41 bits per heavy atom. The highest BCUT2D eigenvalue weighted by atomic mass is 19.1. The van der Waals surface area contributed by atoms with E-state index in [1.165, 1.54) is 12.1 Å². The zero-order valence-electron chi connectivity index (χ0n) is 10.6. The van der Waals surface area contributed by atoms with Crippen LogP contribution in [-0.4, -0.2) is 17.8 Å². The normalized spacial score (nSPS) is 17.3. The molecule has 1 fully saturated rings. The maximum absolute atomic E-state index is 13.5. The number of benzene rings is 1. The average Bonchev–Trinajstić information content (AvgIpc) is 2.94. The highest BCUT2D eigenvalue weighted by Crippen LogP contribution is 2.41. The fourth-order valence-corrected chi connectivity index (χ4v) is 2.29. The molecule has 1 N–H and O–H groups in total. The molecule has 0 spiro atoms. The topological polar surface area (TPSA) is 29.5 Å². The van der Waals surface area contributed by atoms with Crippen molar-refractivity contribution in [3.63, 3.8) is 0 Å². The molecule has 0 saturated heterocycles. The monoisotopic (exact) mass is 238 g/mol. The molecule has 94 valence electrons. The van der Waals surface area contributed by atoms with E-state index < -0.39 is 5.60 Å². The first kappa shape index (κ1) is 12.4. The molecule has 0 atom stereocenters. The van der Waals surface area contributed by atoms with E-state index in [9.17, 15) is 9.50 Å². The van der Waals surface area contributed by atoms with E-state index in [1.54, 1.807) is 7.11 Å². The maximum Gasteiger partial charge on any atom is 0.127 e. The predicted octanol–water partition coefficient (Wildman–Crippen LogP) is 3.03. The van der Waals surface area contributed by atoms with E-state index in [-0.39, 0.29) is 11.7 Å². The SMILES string of the molecule is COc1cc(F)cc(CC2(O)CC2)c1C(C)C. The van der Waals surface area contributed by atoms with Crippen LogP contribution in [0.4, 0.5) is 4.39 Å². The number of aliphatic hydroxyl groups is 1. The number of ether oxygens (including phenoxy) is 1. The molecule has 1 aromatic rings. The maximum atomic E-state index is 13.5. The van der Waals surface area contributed by atoms with Crippen molar-refractivity contribution in [2.75, 3.05) is 7.11 Å². The van der Waals surface area contributed by atoms with E-state index in [4.69, 9.17) is 4.74 Å². The molecule has 3 heteroatoms. The van der Waals surface area contributed by atoms with E-state index in [0.29, 0.717) is 12.2 Å². The minimum atomic E-state index is -0.609. The average molecular weight is 238 g/mol. The highest BCUT2D eigenvalue weighted by Gasteiger charge is 2.41. The zero-order valence-corrected chi connectivity index (χ0v) is 10.6. The largest absolute Gasteiger partial charge is 0.496 e. The van der Waals surface area contributed by atoms with Crippen molar-refractivity contribution in [1.82, 2.24) is 0 Å². The molecular weight excluding hydrogens is 219 g/mol. The molecule has 17 heavy (non-hydrogen) atoms. The van der Waals surface area contributed by atoms with Crippen LogP contribution in [-0.2, 0) is 6.42 Å². The second-order valence-electron chi connectivity index (χ2n) is 5.24. The molecule has 0 aromatic heterocycles. The van der Waals surface area contributed by atoms with Crippen molar-refractivity contribution in [1.29, 1.82) is 0 Å². The molecule has 0 aliphatic heterocycles. The second-order valence-corrected chi connectivity index (χ2v) is 5.24. The standard InChI is InChI=1S/C14H19FO2/c1-9(2)13-10(8-14(16)4-5-14)6-11(15)7-12(13)17-3/h6-7,9,16H,4-5,8H2,1-3H3. The molecular formula is C14H19FO2. The molecule has 0 heterocycles. The third-order valence-electron chi connectivity index (χ3n) is 3.34. The van der Waals surface area contributed by atoms with Gasteiger partial charge in [0.1, 0.15) is 11.6 Å². The van der Waals surface area contributed by atoms with Crippen LogP contribution >= 0.6 is 0 Å². The molecule has 2 rings (SSSR count). The van der Waals surface area contributed by atoms with Crippen molar-refractivity contribution in [3.8, 4) is 5.75 Å². The van der Waals surface area contributed by atoms with Crippen LogP contribution in [0.2, 0.25) is 0 Å². The Balaban J connectivity index is 2.43. The lowest BCUT2D eigenvalue weighted by atomic mass is 9.92. The fraction of sp³-hybridized carbons (Fsp3) is 0.571. The summed E-state index contributed by atoms with van der Waals surface area (Å²) in [5.41, 5.74) is 1.27. The van der Waals surface area contributed by atoms with Gasteiger partial charge in [-0.2, -0.15) is 0 Å². The summed E-state index contributed by atoms with van der Waals surface area (Å²) < 4.78 is 18.7. The lowest BCUT2D eigenvalue weighted by molar-refractivity contribution is 0.150. The molecule has 1 saturated carbocycles. The summed E-state index contributed by atoms with van der Waals surface area (Å²) in [7, 11) is 1.55. The van der Waals surface area contributed by atoms with Crippen molar-refractivity contribution >= 4 is 0 Å². The van der Waals surface area contributed by atoms with Crippen molar-refractivity contribution < 1.29 is 14.2 Å². The lowest BCUT2D eigenvalue weighted by Gasteiger charge is -2.19. The molecule has 0 unspecified atom stereocenters. The number of halogens is 1. The minimum absolute atomic E-state index is 0.253. The van der Waals surface area contributed by atoms with Crippen molar-refractivity contribution in [2.24, 2.45) is 0 Å². The van der Waals surface area contributed by atoms with Crippen LogP contribution in [0.25, 0.3) is 0 Å². The molecule has 1 aliphatic rings. The molecule has 1 aliphatic carbocycles. The number of methoxy groups -OCH3 is 1. The second kappa shape index (κ2) is 4.30. The van der Waals surface area contributed by atoms with Crippen LogP contribution < -0.4 is 4.74 Å². The number of hydrogen-bond donors (Lipinski definition) is 1. The lowest BCUT2D eigenvalue weighted by Crippen LogP contribution is -2.14. The van der Waals surface area contributed by atoms with Crippen LogP contribution in [0.5, 0.6) is 5.75 Å². The molecule has 1 aromatic carbocycles. The number of hydrogen-bond acceptors (Lipinski definition) is 2. The van der Waals surface area contributed by atoms with Gasteiger partial charge < -0.3 is 9.84 Å². The Morgan fingerprint density at radius 2 is 2.06 bits per heavy atom. The predicted molar refractivity (Wildman–Crippen MR) is 64.9 cm³/mol. The molecule has 0 radical (unpaired) electrons. The van der Waals surface area contributed by atoms with Gasteiger partial charge in [-0.05, 0) is 30.4 Å². The van der Waals surface area contributed by atoms with Gasteiger partial charge in [0.25, 0.3) is 0 Å². The smallest absolute Gasteiger partial charge is 0.127 e. The molecule has 0 bridgehead atoms. The van der Waals surface area contributed by atoms with Gasteiger partial charge in [0.05, 0.1) is 12.7 Å². The summed E-state index contributed by atoms with van der Waals surface area (Å²) >= 11 is 0. The third-order valence-corrected chi connectivity index (χ3v) is 3.34. The first-order valence-electron chi connectivity index (χ1n) is 6.04. The summed E-state index contributed by atoms with van der Waals surface area (Å²) in [6, 6.07) is 2.93. The van der Waals surface area contributed by atoms with Crippen LogP contribution in [0.1, 0.15) is 43.7 Å². The quantitative estimate of drug-likeness (QED) is 0.873. The van der Waals surface area contributed by atoms with Crippen molar-refractivity contribution in [3.05, 3.63) is 29.1 Å². The number of rotatable bonds is 4. The van der Waals surface area contributed by atoms with E-state index >= 15 is 0 Å². The van der Waals surface area contributed by atoms with E-state index in [1.807, 2.05) is 0 Å². The Bertz CT molecular complexity index is 422. The first-order chi connectivity index (χ1) is 7.95. The van der Waals surface area contributed by atoms with Crippen LogP contribution in [0.3, 0.4) is 0 Å². The van der Waals surface area contributed by atoms with Gasteiger partial charge in [-0.15, -0.1) is 0 Å². The summed E-state index contributed by atoms with van der Waals surface area (Å²) in [5, 5.41) is 9.98. The van der Waals surface area contributed by atoms with Gasteiger partial charge in [0, 0.05) is 18.1 Å². The molecule has 2 nitrogen and oxygen atoms in total. The summed E-state index contributed by atoms with van der Waals surface area (Å²) in [5.74, 6) is 0.535. The van der Waals surface area contributed by atoms with Gasteiger partial charge in [-0.25, -0.2) is 4.39 Å². The summed E-state index contributed by atoms with van der Waals surface area (Å²) in [6.07, 6.45) is 2.14. The minimum Gasteiger partial charge on any atom is -0.496 e. The Labute approximate surface area is 101 Å². The van der Waals surface area contributed by atoms with Crippen LogP contribution in [0, 0.1) is 5.82 Å². The fourth-order valence-electron chi connectivity index (χ4n) is 2.29. The van der Waals surface area contributed by atoms with Gasteiger partial charge in [0.15, 0.2) is 0 Å². The Morgan fingerprint density at radius 3 is 2.53 bits per heavy atom. The van der Waals surface area contributed by atoms with Gasteiger partial charge in [-0.3, -0.25) is 0 Å². The zero-order chi connectivity index (χ0) is 12.6. The van der Waals surface area contributed by atoms with Gasteiger partial charge in [-0.1, -0.05) is 13.8 Å². The van der Waals surface area contributed by atoms with E-state index in [2.05, 4.69) is 13.8 Å². The summed E-state index contributed by atoms with van der Waals surface area (Å²) in [4.78, 5) is 0.